The first kappa shape index (κ1) is 31.1. The number of nitrogen functional groups attached to an aromatic ring is 1. The minimum Gasteiger partial charge on any atom is -0.399 e. The first-order valence-electron chi connectivity index (χ1n) is 15.4. The largest absolute Gasteiger partial charge is 0.399 e. The number of benzene rings is 3. The van der Waals surface area contributed by atoms with Crippen molar-refractivity contribution in [1.82, 2.24) is 0 Å². The van der Waals surface area contributed by atoms with E-state index in [0.717, 1.165) is 60.6 Å². The Morgan fingerprint density at radius 1 is 0.675 bits per heavy atom. The number of hydrogen-bond acceptors (Lipinski definition) is 4. The fourth-order valence-corrected chi connectivity index (χ4v) is 5.29. The van der Waals surface area contributed by atoms with Gasteiger partial charge in [-0.2, -0.15) is 0 Å². The summed E-state index contributed by atoms with van der Waals surface area (Å²) in [6.45, 7) is 11.1. The summed E-state index contributed by atoms with van der Waals surface area (Å²) in [7, 11) is 0. The van der Waals surface area contributed by atoms with Crippen molar-refractivity contribution in [3.63, 3.8) is 0 Å². The van der Waals surface area contributed by atoms with E-state index >= 15 is 0 Å². The molecule has 3 aromatic rings. The Labute approximate surface area is 243 Å². The van der Waals surface area contributed by atoms with Gasteiger partial charge in [0, 0.05) is 17.4 Å². The zero-order chi connectivity index (χ0) is 28.7. The van der Waals surface area contributed by atoms with Crippen LogP contribution in [0.15, 0.2) is 82.8 Å². The first-order valence-corrected chi connectivity index (χ1v) is 15.4. The molecule has 3 aromatic carbocycles. The summed E-state index contributed by atoms with van der Waals surface area (Å²) < 4.78 is 0. The first-order chi connectivity index (χ1) is 19.4. The maximum absolute atomic E-state index is 5.88. The molecule has 0 amide bonds. The van der Waals surface area contributed by atoms with Gasteiger partial charge in [-0.15, -0.1) is 0 Å². The molecule has 2 atom stereocenters. The molecule has 0 aliphatic carbocycles. The summed E-state index contributed by atoms with van der Waals surface area (Å²) in [6, 6.07) is 25.9. The van der Waals surface area contributed by atoms with Gasteiger partial charge in [-0.25, -0.2) is 0 Å². The molecule has 0 heterocycles. The van der Waals surface area contributed by atoms with E-state index in [1.807, 2.05) is 24.3 Å². The van der Waals surface area contributed by atoms with Crippen LogP contribution in [0.2, 0.25) is 0 Å². The Morgan fingerprint density at radius 2 is 1.20 bits per heavy atom. The average molecular weight is 539 g/mol. The van der Waals surface area contributed by atoms with Gasteiger partial charge in [0.1, 0.15) is 0 Å². The Bertz CT molecular complexity index is 1190. The fourth-order valence-electron chi connectivity index (χ4n) is 5.29. The maximum atomic E-state index is 5.88. The van der Waals surface area contributed by atoms with Crippen molar-refractivity contribution in [1.29, 1.82) is 0 Å². The van der Waals surface area contributed by atoms with Crippen LogP contribution >= 0.6 is 0 Å². The Balaban J connectivity index is 1.80. The quantitative estimate of drug-likeness (QED) is 0.141. The molecule has 0 aliphatic heterocycles. The maximum Gasteiger partial charge on any atom is 0.0635 e. The van der Waals surface area contributed by atoms with E-state index in [-0.39, 0.29) is 0 Å². The van der Waals surface area contributed by atoms with Crippen molar-refractivity contribution in [2.75, 3.05) is 11.1 Å². The Morgan fingerprint density at radius 3 is 1.70 bits per heavy atom. The molecule has 0 bridgehead atoms. The topological polar surface area (TPSA) is 62.8 Å². The average Bonchev–Trinajstić information content (AvgIpc) is 2.95. The molecule has 0 saturated heterocycles. The number of aryl methyl sites for hydroxylation is 1. The van der Waals surface area contributed by atoms with Crippen LogP contribution in [0.25, 0.3) is 0 Å². The van der Waals surface area contributed by atoms with Crippen LogP contribution < -0.4 is 11.1 Å². The molecule has 0 spiro atoms. The monoisotopic (exact) mass is 538 g/mol. The summed E-state index contributed by atoms with van der Waals surface area (Å²) in [5, 5.41) is 3.90. The smallest absolute Gasteiger partial charge is 0.0635 e. The van der Waals surface area contributed by atoms with Gasteiger partial charge in [0.05, 0.1) is 22.8 Å². The molecule has 0 radical (unpaired) electrons. The lowest BCUT2D eigenvalue weighted by molar-refractivity contribution is 0.388. The number of anilines is 2. The van der Waals surface area contributed by atoms with Crippen molar-refractivity contribution < 1.29 is 0 Å². The van der Waals surface area contributed by atoms with Crippen LogP contribution in [0.3, 0.4) is 0 Å². The van der Waals surface area contributed by atoms with Gasteiger partial charge >= 0.3 is 0 Å². The highest BCUT2D eigenvalue weighted by Crippen LogP contribution is 2.26. The normalized spacial score (nSPS) is 13.7. The Hall–Kier alpha value is -3.40. The molecule has 3 N–H and O–H groups in total. The van der Waals surface area contributed by atoms with Crippen LogP contribution in [-0.2, 0) is 6.42 Å². The molecule has 0 saturated carbocycles. The van der Waals surface area contributed by atoms with Gasteiger partial charge in [-0.3, -0.25) is 9.98 Å². The Kier molecular flexibility index (Phi) is 13.0. The van der Waals surface area contributed by atoms with Crippen LogP contribution in [0, 0.1) is 12.8 Å². The molecule has 0 aliphatic rings. The van der Waals surface area contributed by atoms with Crippen LogP contribution in [0.5, 0.6) is 0 Å². The number of aliphatic imine (C=N–C) groups is 2. The molecule has 214 valence electrons. The van der Waals surface area contributed by atoms with E-state index in [2.05, 4.69) is 88.5 Å². The third-order valence-corrected chi connectivity index (χ3v) is 7.39. The second-order valence-corrected chi connectivity index (χ2v) is 11.0. The number of rotatable bonds is 16. The van der Waals surface area contributed by atoms with Crippen molar-refractivity contribution in [3.8, 4) is 0 Å². The van der Waals surface area contributed by atoms with E-state index in [1.54, 1.807) is 0 Å². The van der Waals surface area contributed by atoms with Crippen LogP contribution in [0.4, 0.5) is 22.7 Å². The van der Waals surface area contributed by atoms with Crippen molar-refractivity contribution >= 4 is 34.2 Å². The van der Waals surface area contributed by atoms with E-state index in [9.17, 15) is 0 Å². The lowest BCUT2D eigenvalue weighted by Crippen LogP contribution is -2.30. The number of hydrogen-bond donors (Lipinski definition) is 2. The van der Waals surface area contributed by atoms with Crippen molar-refractivity contribution in [3.05, 3.63) is 83.9 Å². The molecule has 40 heavy (non-hydrogen) atoms. The molecular weight excluding hydrogens is 488 g/mol. The molecule has 4 heteroatoms. The predicted molar refractivity (Wildman–Crippen MR) is 177 cm³/mol. The van der Waals surface area contributed by atoms with E-state index < -0.39 is 0 Å². The van der Waals surface area contributed by atoms with Gasteiger partial charge in [-0.1, -0.05) is 83.2 Å². The van der Waals surface area contributed by atoms with E-state index in [4.69, 9.17) is 15.7 Å². The lowest BCUT2D eigenvalue weighted by atomic mass is 9.86. The zero-order valence-electron chi connectivity index (χ0n) is 25.4. The van der Waals surface area contributed by atoms with Crippen molar-refractivity contribution in [2.24, 2.45) is 15.9 Å². The second kappa shape index (κ2) is 16.6. The highest BCUT2D eigenvalue weighted by Gasteiger charge is 2.21. The summed E-state index contributed by atoms with van der Waals surface area (Å²) >= 11 is 0. The number of nitrogens with one attached hydrogen (secondary N) is 1. The third-order valence-electron chi connectivity index (χ3n) is 7.39. The highest BCUT2D eigenvalue weighted by atomic mass is 14.9. The van der Waals surface area contributed by atoms with E-state index in [0.29, 0.717) is 12.0 Å². The standard InChI is InChI=1S/C36H50N4/c1-6-10-29(26-28-16-14-27(5)15-17-28)34(11-7-2)38-32-22-24-33(25-23-32)40-36(13-9-4)35(12-8-3)39-31-20-18-30(37)19-21-31/h14-25,29,34,38H,6-13,26,37H2,1-5H3. The SMILES string of the molecule is CCCC(=Nc1ccc(N)cc1)C(CCC)=Nc1ccc(NC(CCC)C(CCC)Cc2ccc(C)cc2)cc1. The molecule has 0 fully saturated rings. The van der Waals surface area contributed by atoms with Gasteiger partial charge < -0.3 is 11.1 Å². The van der Waals surface area contributed by atoms with Gasteiger partial charge in [0.15, 0.2) is 0 Å². The third kappa shape index (κ3) is 9.97. The predicted octanol–water partition coefficient (Wildman–Crippen LogP) is 10.3. The summed E-state index contributed by atoms with van der Waals surface area (Å²) in [4.78, 5) is 10.1. The van der Waals surface area contributed by atoms with Gasteiger partial charge in [0.25, 0.3) is 0 Å². The highest BCUT2D eigenvalue weighted by molar-refractivity contribution is 6.43. The minimum absolute atomic E-state index is 0.444. The molecule has 4 nitrogen and oxygen atoms in total. The fraction of sp³-hybridized carbons (Fsp3) is 0.444. The number of nitrogens with zero attached hydrogens (tertiary/aromatic N) is 2. The molecule has 0 aromatic heterocycles. The van der Waals surface area contributed by atoms with Gasteiger partial charge in [-0.05, 0) is 99.0 Å². The van der Waals surface area contributed by atoms with Gasteiger partial charge in [0.2, 0.25) is 0 Å². The second-order valence-electron chi connectivity index (χ2n) is 11.0. The molecule has 3 rings (SSSR count). The molecular formula is C36H50N4. The van der Waals surface area contributed by atoms with Crippen LogP contribution in [0.1, 0.15) is 90.2 Å². The van der Waals surface area contributed by atoms with Crippen LogP contribution in [-0.4, -0.2) is 17.5 Å². The van der Waals surface area contributed by atoms with E-state index in [1.165, 1.54) is 42.5 Å². The lowest BCUT2D eigenvalue weighted by Gasteiger charge is -2.29. The minimum atomic E-state index is 0.444. The summed E-state index contributed by atoms with van der Waals surface area (Å²) in [6.07, 6.45) is 9.74. The number of nitrogens with two attached hydrogens (primary N) is 1. The summed E-state index contributed by atoms with van der Waals surface area (Å²) in [5.74, 6) is 0.600. The molecule has 2 unspecified atom stereocenters. The summed E-state index contributed by atoms with van der Waals surface area (Å²) in [5.41, 5.74) is 14.6. The zero-order valence-corrected chi connectivity index (χ0v) is 25.4. The van der Waals surface area contributed by atoms with Crippen molar-refractivity contribution in [2.45, 2.75) is 98.4 Å².